The first-order chi connectivity index (χ1) is 11.3. The zero-order valence-electron chi connectivity index (χ0n) is 14.8. The van der Waals surface area contributed by atoms with Crippen molar-refractivity contribution in [3.8, 4) is 17.2 Å². The molecule has 1 aromatic carbocycles. The molecule has 0 saturated carbocycles. The Bertz CT molecular complexity index is 559. The first kappa shape index (κ1) is 19.6. The molecule has 0 atom stereocenters. The Morgan fingerprint density at radius 3 is 2.00 bits per heavy atom. The predicted molar refractivity (Wildman–Crippen MR) is 89.1 cm³/mol. The lowest BCUT2D eigenvalue weighted by Gasteiger charge is -2.27. The molecule has 0 bridgehead atoms. The van der Waals surface area contributed by atoms with Gasteiger partial charge < -0.3 is 24.2 Å². The molecule has 1 amide bonds. The third kappa shape index (κ3) is 4.78. The lowest BCUT2D eigenvalue weighted by molar-refractivity contribution is -0.137. The van der Waals surface area contributed by atoms with Crippen molar-refractivity contribution in [1.29, 1.82) is 0 Å². The number of hydrogen-bond acceptors (Lipinski definition) is 5. The molecule has 24 heavy (non-hydrogen) atoms. The zero-order chi connectivity index (χ0) is 18.3. The smallest absolute Gasteiger partial charge is 0.303 e. The first-order valence-corrected chi connectivity index (χ1v) is 7.68. The number of nitrogens with zero attached hydrogens (tertiary/aromatic N) is 1. The van der Waals surface area contributed by atoms with Crippen LogP contribution in [0.25, 0.3) is 0 Å². The molecule has 1 N–H and O–H groups in total. The highest BCUT2D eigenvalue weighted by molar-refractivity contribution is 5.96. The molecular weight excluding hydrogens is 314 g/mol. The highest BCUT2D eigenvalue weighted by Crippen LogP contribution is 2.38. The molecule has 7 heteroatoms. The van der Waals surface area contributed by atoms with E-state index in [0.29, 0.717) is 35.8 Å². The van der Waals surface area contributed by atoms with Gasteiger partial charge >= 0.3 is 5.97 Å². The van der Waals surface area contributed by atoms with Crippen LogP contribution in [0.5, 0.6) is 17.2 Å². The Kier molecular flexibility index (Phi) is 7.35. The number of amides is 1. The molecule has 7 nitrogen and oxygen atoms in total. The van der Waals surface area contributed by atoms with Gasteiger partial charge in [-0.25, -0.2) is 0 Å². The van der Waals surface area contributed by atoms with Crippen LogP contribution in [0.2, 0.25) is 0 Å². The highest BCUT2D eigenvalue weighted by atomic mass is 16.5. The van der Waals surface area contributed by atoms with Gasteiger partial charge in [-0.05, 0) is 32.4 Å². The van der Waals surface area contributed by atoms with Crippen LogP contribution in [-0.2, 0) is 4.79 Å². The van der Waals surface area contributed by atoms with Crippen LogP contribution >= 0.6 is 0 Å². The van der Waals surface area contributed by atoms with Gasteiger partial charge in [-0.2, -0.15) is 0 Å². The van der Waals surface area contributed by atoms with Crippen molar-refractivity contribution in [2.75, 3.05) is 27.9 Å². The number of carboxylic acid groups (broad SMARTS) is 1. The maximum absolute atomic E-state index is 12.8. The topological polar surface area (TPSA) is 85.3 Å². The maximum Gasteiger partial charge on any atom is 0.303 e. The van der Waals surface area contributed by atoms with E-state index in [1.54, 1.807) is 17.0 Å². The van der Waals surface area contributed by atoms with E-state index in [1.807, 2.05) is 13.8 Å². The summed E-state index contributed by atoms with van der Waals surface area (Å²) in [7, 11) is 4.46. The summed E-state index contributed by atoms with van der Waals surface area (Å²) in [5.74, 6) is 0.121. The molecule has 0 heterocycles. The van der Waals surface area contributed by atoms with Crippen LogP contribution in [0.3, 0.4) is 0 Å². The molecular formula is C17H25NO6. The predicted octanol–water partition coefficient (Wildman–Crippen LogP) is 2.43. The Morgan fingerprint density at radius 1 is 1.08 bits per heavy atom. The maximum atomic E-state index is 12.8. The second-order valence-corrected chi connectivity index (χ2v) is 5.50. The Hall–Kier alpha value is -2.44. The SMILES string of the molecule is COc1cc(C(=O)N(CCCC(=O)O)C(C)C)cc(OC)c1OC. The molecule has 134 valence electrons. The minimum Gasteiger partial charge on any atom is -0.493 e. The largest absolute Gasteiger partial charge is 0.493 e. The van der Waals surface area contributed by atoms with Gasteiger partial charge in [0.2, 0.25) is 5.75 Å². The monoisotopic (exact) mass is 339 g/mol. The summed E-state index contributed by atoms with van der Waals surface area (Å²) < 4.78 is 15.8. The number of aliphatic carboxylic acids is 1. The first-order valence-electron chi connectivity index (χ1n) is 7.68. The second kappa shape index (κ2) is 9.00. The minimum absolute atomic E-state index is 0.0196. The van der Waals surface area contributed by atoms with Crippen LogP contribution in [0, 0.1) is 0 Å². The van der Waals surface area contributed by atoms with Crippen molar-refractivity contribution in [2.24, 2.45) is 0 Å². The van der Waals surface area contributed by atoms with E-state index in [-0.39, 0.29) is 18.4 Å². The number of hydrogen-bond donors (Lipinski definition) is 1. The van der Waals surface area contributed by atoms with Crippen LogP contribution in [0.15, 0.2) is 12.1 Å². The van der Waals surface area contributed by atoms with Gasteiger partial charge in [0.1, 0.15) is 0 Å². The van der Waals surface area contributed by atoms with E-state index < -0.39 is 5.97 Å². The van der Waals surface area contributed by atoms with E-state index in [0.717, 1.165) is 0 Å². The molecule has 0 spiro atoms. The van der Waals surface area contributed by atoms with Gasteiger partial charge in [-0.3, -0.25) is 9.59 Å². The van der Waals surface area contributed by atoms with E-state index in [1.165, 1.54) is 21.3 Å². The highest BCUT2D eigenvalue weighted by Gasteiger charge is 2.23. The van der Waals surface area contributed by atoms with E-state index >= 15 is 0 Å². The third-order valence-corrected chi connectivity index (χ3v) is 3.59. The molecule has 0 aliphatic heterocycles. The summed E-state index contributed by atoms with van der Waals surface area (Å²) in [4.78, 5) is 25.1. The van der Waals surface area contributed by atoms with E-state index in [2.05, 4.69) is 0 Å². The Balaban J connectivity index is 3.11. The van der Waals surface area contributed by atoms with Crippen molar-refractivity contribution in [3.63, 3.8) is 0 Å². The fourth-order valence-electron chi connectivity index (χ4n) is 2.37. The summed E-state index contributed by atoms with van der Waals surface area (Å²) in [5.41, 5.74) is 0.397. The lowest BCUT2D eigenvalue weighted by atomic mass is 10.1. The fraction of sp³-hybridized carbons (Fsp3) is 0.529. The van der Waals surface area contributed by atoms with Crippen LogP contribution in [0.1, 0.15) is 37.0 Å². The zero-order valence-corrected chi connectivity index (χ0v) is 14.8. The van der Waals surface area contributed by atoms with E-state index in [9.17, 15) is 9.59 Å². The molecule has 1 aromatic rings. The molecule has 1 rings (SSSR count). The number of ether oxygens (including phenoxy) is 3. The molecule has 0 fully saturated rings. The van der Waals surface area contributed by atoms with E-state index in [4.69, 9.17) is 19.3 Å². The normalized spacial score (nSPS) is 10.4. The molecule has 0 aromatic heterocycles. The number of rotatable bonds is 9. The van der Waals surface area contributed by atoms with Gasteiger partial charge in [-0.15, -0.1) is 0 Å². The van der Waals surface area contributed by atoms with Crippen molar-refractivity contribution >= 4 is 11.9 Å². The molecule has 0 aliphatic carbocycles. The molecule has 0 saturated heterocycles. The standard InChI is InChI=1S/C17H25NO6/c1-11(2)18(8-6-7-15(19)20)17(21)12-9-13(22-3)16(24-5)14(10-12)23-4/h9-11H,6-8H2,1-5H3,(H,19,20). The summed E-state index contributed by atoms with van der Waals surface area (Å²) in [6, 6.07) is 3.12. The quantitative estimate of drug-likeness (QED) is 0.744. The van der Waals surface area contributed by atoms with Crippen LogP contribution < -0.4 is 14.2 Å². The Labute approximate surface area is 142 Å². The number of carbonyl (C=O) groups is 2. The average molecular weight is 339 g/mol. The molecule has 0 radical (unpaired) electrons. The van der Waals surface area contributed by atoms with Crippen molar-refractivity contribution in [1.82, 2.24) is 4.90 Å². The van der Waals surface area contributed by atoms with Gasteiger partial charge in [0.25, 0.3) is 5.91 Å². The summed E-state index contributed by atoms with van der Waals surface area (Å²) >= 11 is 0. The van der Waals surface area contributed by atoms with Crippen molar-refractivity contribution < 1.29 is 28.9 Å². The molecule has 0 unspecified atom stereocenters. The molecule has 0 aliphatic rings. The van der Waals surface area contributed by atoms with Gasteiger partial charge in [0.15, 0.2) is 11.5 Å². The van der Waals surface area contributed by atoms with Crippen molar-refractivity contribution in [3.05, 3.63) is 17.7 Å². The average Bonchev–Trinajstić information content (AvgIpc) is 2.56. The summed E-state index contributed by atoms with van der Waals surface area (Å²) in [5, 5.41) is 8.76. The number of benzene rings is 1. The second-order valence-electron chi connectivity index (χ2n) is 5.50. The lowest BCUT2D eigenvalue weighted by Crippen LogP contribution is -2.38. The minimum atomic E-state index is -0.876. The van der Waals surface area contributed by atoms with Crippen LogP contribution in [0.4, 0.5) is 0 Å². The van der Waals surface area contributed by atoms with Gasteiger partial charge in [0, 0.05) is 24.6 Å². The Morgan fingerprint density at radius 2 is 1.62 bits per heavy atom. The number of carboxylic acids is 1. The third-order valence-electron chi connectivity index (χ3n) is 3.59. The number of carbonyl (C=O) groups excluding carboxylic acids is 1. The summed E-state index contributed by atoms with van der Waals surface area (Å²) in [6.07, 6.45) is 0.412. The van der Waals surface area contributed by atoms with Gasteiger partial charge in [-0.1, -0.05) is 0 Å². The van der Waals surface area contributed by atoms with Crippen molar-refractivity contribution in [2.45, 2.75) is 32.7 Å². The fourth-order valence-corrected chi connectivity index (χ4v) is 2.37. The number of methoxy groups -OCH3 is 3. The van der Waals surface area contributed by atoms with Gasteiger partial charge in [0.05, 0.1) is 21.3 Å². The van der Waals surface area contributed by atoms with Crippen LogP contribution in [-0.4, -0.2) is 55.8 Å². The summed E-state index contributed by atoms with van der Waals surface area (Å²) in [6.45, 7) is 4.13.